The Hall–Kier alpha value is -1.06. The molecule has 0 heterocycles. The van der Waals surface area contributed by atoms with Gasteiger partial charge < -0.3 is 9.84 Å². The Labute approximate surface area is 110 Å². The van der Waals surface area contributed by atoms with E-state index in [1.54, 1.807) is 6.92 Å². The number of carboxylic acids is 1. The van der Waals surface area contributed by atoms with Gasteiger partial charge in [-0.05, 0) is 31.6 Å². The summed E-state index contributed by atoms with van der Waals surface area (Å²) in [4.78, 5) is 23.5. The van der Waals surface area contributed by atoms with Crippen LogP contribution in [0.5, 0.6) is 0 Å². The van der Waals surface area contributed by atoms with Gasteiger partial charge in [0.2, 0.25) is 0 Å². The molecule has 0 amide bonds. The highest BCUT2D eigenvalue weighted by molar-refractivity contribution is 5.84. The van der Waals surface area contributed by atoms with Gasteiger partial charge in [0.15, 0.2) is 0 Å². The second kappa shape index (κ2) is 6.76. The fourth-order valence-electron chi connectivity index (χ4n) is 2.55. The van der Waals surface area contributed by atoms with Gasteiger partial charge in [-0.1, -0.05) is 27.7 Å². The number of hydrogen-bond acceptors (Lipinski definition) is 3. The van der Waals surface area contributed by atoms with Crippen molar-refractivity contribution in [3.05, 3.63) is 0 Å². The maximum atomic E-state index is 12.0. The molecule has 0 bridgehead atoms. The highest BCUT2D eigenvalue weighted by Gasteiger charge is 2.46. The summed E-state index contributed by atoms with van der Waals surface area (Å²) in [5.41, 5.74) is -0.959. The highest BCUT2D eigenvalue weighted by atomic mass is 16.5. The summed E-state index contributed by atoms with van der Waals surface area (Å²) in [6.07, 6.45) is 0.997. The second-order valence-electron chi connectivity index (χ2n) is 6.03. The van der Waals surface area contributed by atoms with Crippen LogP contribution < -0.4 is 0 Å². The van der Waals surface area contributed by atoms with Gasteiger partial charge in [-0.25, -0.2) is 0 Å². The maximum Gasteiger partial charge on any atom is 0.312 e. The summed E-state index contributed by atoms with van der Waals surface area (Å²) in [6, 6.07) is 0. The van der Waals surface area contributed by atoms with E-state index in [0.717, 1.165) is 0 Å². The monoisotopic (exact) mass is 258 g/mol. The third kappa shape index (κ3) is 4.31. The van der Waals surface area contributed by atoms with Crippen LogP contribution in [-0.2, 0) is 14.3 Å². The SMILES string of the molecule is COC(=O)C(C)(CC(C)C)C(CC(C)C)C(=O)O. The largest absolute Gasteiger partial charge is 0.481 e. The van der Waals surface area contributed by atoms with E-state index in [-0.39, 0.29) is 11.8 Å². The fraction of sp³-hybridized carbons (Fsp3) is 0.857. The Kier molecular flexibility index (Phi) is 6.36. The van der Waals surface area contributed by atoms with Crippen molar-refractivity contribution in [1.82, 2.24) is 0 Å². The van der Waals surface area contributed by atoms with Gasteiger partial charge in [0.1, 0.15) is 0 Å². The number of carbonyl (C=O) groups is 2. The van der Waals surface area contributed by atoms with E-state index >= 15 is 0 Å². The quantitative estimate of drug-likeness (QED) is 0.713. The normalized spacial score (nSPS) is 16.4. The van der Waals surface area contributed by atoms with E-state index in [1.165, 1.54) is 7.11 Å². The molecule has 106 valence electrons. The standard InChI is InChI=1S/C14H26O4/c1-9(2)7-11(12(15)16)14(5,8-10(3)4)13(17)18-6/h9-11H,7-8H2,1-6H3,(H,15,16). The van der Waals surface area contributed by atoms with E-state index in [2.05, 4.69) is 0 Å². The number of carbonyl (C=O) groups excluding carboxylic acids is 1. The van der Waals surface area contributed by atoms with Crippen LogP contribution in [0.25, 0.3) is 0 Å². The number of hydrogen-bond donors (Lipinski definition) is 1. The topological polar surface area (TPSA) is 63.6 Å². The third-order valence-corrected chi connectivity index (χ3v) is 3.26. The van der Waals surface area contributed by atoms with Gasteiger partial charge in [0.25, 0.3) is 0 Å². The zero-order valence-electron chi connectivity index (χ0n) is 12.3. The van der Waals surface area contributed by atoms with E-state index in [0.29, 0.717) is 12.8 Å². The average molecular weight is 258 g/mol. The van der Waals surface area contributed by atoms with E-state index in [4.69, 9.17) is 4.74 Å². The molecule has 2 unspecified atom stereocenters. The molecule has 2 atom stereocenters. The van der Waals surface area contributed by atoms with Crippen LogP contribution in [0, 0.1) is 23.2 Å². The summed E-state index contributed by atoms with van der Waals surface area (Å²) in [5.74, 6) is -1.58. The minimum absolute atomic E-state index is 0.224. The lowest BCUT2D eigenvalue weighted by Gasteiger charge is -2.34. The summed E-state index contributed by atoms with van der Waals surface area (Å²) in [7, 11) is 1.31. The molecular formula is C14H26O4. The molecule has 0 fully saturated rings. The Morgan fingerprint density at radius 2 is 1.67 bits per heavy atom. The Morgan fingerprint density at radius 1 is 1.17 bits per heavy atom. The van der Waals surface area contributed by atoms with Crippen LogP contribution in [0.2, 0.25) is 0 Å². The molecule has 0 aromatic carbocycles. The van der Waals surface area contributed by atoms with Gasteiger partial charge in [-0.2, -0.15) is 0 Å². The molecule has 0 saturated carbocycles. The molecule has 0 aliphatic rings. The molecule has 0 spiro atoms. The molecule has 4 nitrogen and oxygen atoms in total. The highest BCUT2D eigenvalue weighted by Crippen LogP contribution is 2.39. The van der Waals surface area contributed by atoms with E-state index < -0.39 is 23.3 Å². The van der Waals surface area contributed by atoms with Gasteiger partial charge in [-0.3, -0.25) is 9.59 Å². The Morgan fingerprint density at radius 3 is 1.94 bits per heavy atom. The smallest absolute Gasteiger partial charge is 0.312 e. The Bertz CT molecular complexity index is 296. The minimum atomic E-state index is -0.959. The van der Waals surface area contributed by atoms with Crippen molar-refractivity contribution in [2.24, 2.45) is 23.2 Å². The molecule has 0 aromatic heterocycles. The van der Waals surface area contributed by atoms with E-state index in [9.17, 15) is 14.7 Å². The van der Waals surface area contributed by atoms with Crippen molar-refractivity contribution in [1.29, 1.82) is 0 Å². The van der Waals surface area contributed by atoms with Crippen LogP contribution in [0.4, 0.5) is 0 Å². The van der Waals surface area contributed by atoms with Crippen LogP contribution in [0.15, 0.2) is 0 Å². The minimum Gasteiger partial charge on any atom is -0.481 e. The molecule has 0 aromatic rings. The number of rotatable bonds is 7. The van der Waals surface area contributed by atoms with Gasteiger partial charge in [-0.15, -0.1) is 0 Å². The number of aliphatic carboxylic acids is 1. The van der Waals surface area contributed by atoms with Gasteiger partial charge in [0.05, 0.1) is 18.4 Å². The first-order chi connectivity index (χ1) is 8.15. The molecule has 0 saturated heterocycles. The lowest BCUT2D eigenvalue weighted by atomic mass is 9.69. The van der Waals surface area contributed by atoms with Gasteiger partial charge >= 0.3 is 11.9 Å². The second-order valence-corrected chi connectivity index (χ2v) is 6.03. The molecule has 4 heteroatoms. The molecule has 0 rings (SSSR count). The van der Waals surface area contributed by atoms with Crippen molar-refractivity contribution in [3.63, 3.8) is 0 Å². The van der Waals surface area contributed by atoms with Crippen LogP contribution in [-0.4, -0.2) is 24.2 Å². The first-order valence-corrected chi connectivity index (χ1v) is 6.46. The molecule has 18 heavy (non-hydrogen) atoms. The lowest BCUT2D eigenvalue weighted by molar-refractivity contribution is -0.166. The van der Waals surface area contributed by atoms with Crippen LogP contribution in [0.1, 0.15) is 47.5 Å². The van der Waals surface area contributed by atoms with Crippen molar-refractivity contribution in [2.75, 3.05) is 7.11 Å². The molecule has 0 aliphatic carbocycles. The van der Waals surface area contributed by atoms with Crippen molar-refractivity contribution in [2.45, 2.75) is 47.5 Å². The number of methoxy groups -OCH3 is 1. The summed E-state index contributed by atoms with van der Waals surface area (Å²) < 4.78 is 4.83. The average Bonchev–Trinajstić information content (AvgIpc) is 2.22. The fourth-order valence-corrected chi connectivity index (χ4v) is 2.55. The van der Waals surface area contributed by atoms with Crippen molar-refractivity contribution < 1.29 is 19.4 Å². The van der Waals surface area contributed by atoms with E-state index in [1.807, 2.05) is 27.7 Å². The zero-order valence-corrected chi connectivity index (χ0v) is 12.3. The number of carboxylic acid groups (broad SMARTS) is 1. The third-order valence-electron chi connectivity index (χ3n) is 3.26. The first-order valence-electron chi connectivity index (χ1n) is 6.46. The Balaban J connectivity index is 5.34. The summed E-state index contributed by atoms with van der Waals surface area (Å²) >= 11 is 0. The van der Waals surface area contributed by atoms with Crippen molar-refractivity contribution >= 4 is 11.9 Å². The molecule has 0 aliphatic heterocycles. The first kappa shape index (κ1) is 16.9. The predicted octanol–water partition coefficient (Wildman–Crippen LogP) is 2.96. The number of ether oxygens (including phenoxy) is 1. The predicted molar refractivity (Wildman–Crippen MR) is 70.2 cm³/mol. The molecular weight excluding hydrogens is 232 g/mol. The summed E-state index contributed by atoms with van der Waals surface area (Å²) in [5, 5.41) is 9.41. The number of esters is 1. The molecule has 1 N–H and O–H groups in total. The van der Waals surface area contributed by atoms with Crippen LogP contribution >= 0.6 is 0 Å². The van der Waals surface area contributed by atoms with Gasteiger partial charge in [0, 0.05) is 0 Å². The summed E-state index contributed by atoms with van der Waals surface area (Å²) in [6.45, 7) is 9.59. The zero-order chi connectivity index (χ0) is 14.5. The maximum absolute atomic E-state index is 12.0. The van der Waals surface area contributed by atoms with Crippen molar-refractivity contribution in [3.8, 4) is 0 Å². The van der Waals surface area contributed by atoms with Crippen LogP contribution in [0.3, 0.4) is 0 Å². The molecule has 0 radical (unpaired) electrons. The lowest BCUT2D eigenvalue weighted by Crippen LogP contribution is -2.42.